The first-order valence-corrected chi connectivity index (χ1v) is 9.01. The molecule has 1 aromatic rings. The molecule has 0 heterocycles. The van der Waals surface area contributed by atoms with Gasteiger partial charge in [0.1, 0.15) is 0 Å². The Labute approximate surface area is 141 Å². The van der Waals surface area contributed by atoms with Crippen LogP contribution in [0.5, 0.6) is 0 Å². The average molecular weight is 332 g/mol. The molecule has 1 aromatic carbocycles. The van der Waals surface area contributed by atoms with Gasteiger partial charge in [-0.2, -0.15) is 0 Å². The van der Waals surface area contributed by atoms with Crippen molar-refractivity contribution in [3.8, 4) is 0 Å². The molecule has 23 heavy (non-hydrogen) atoms. The fourth-order valence-electron chi connectivity index (χ4n) is 6.14. The van der Waals surface area contributed by atoms with Gasteiger partial charge < -0.3 is 0 Å². The van der Waals surface area contributed by atoms with Gasteiger partial charge in [-0.05, 0) is 79.9 Å². The highest BCUT2D eigenvalue weighted by atomic mass is 35.5. The lowest BCUT2D eigenvalue weighted by atomic mass is 9.43. The van der Waals surface area contributed by atoms with E-state index in [2.05, 4.69) is 12.1 Å². The summed E-state index contributed by atoms with van der Waals surface area (Å²) in [6, 6.07) is 8.27. The summed E-state index contributed by atoms with van der Waals surface area (Å²) in [5.74, 6) is 2.83. The minimum atomic E-state index is -0.349. The van der Waals surface area contributed by atoms with Gasteiger partial charge in [0.2, 0.25) is 6.20 Å². The average Bonchev–Trinajstić information content (AvgIpc) is 2.49. The molecule has 3 atom stereocenters. The second-order valence-corrected chi connectivity index (χ2v) is 8.16. The summed E-state index contributed by atoms with van der Waals surface area (Å²) in [7, 11) is 0. The lowest BCUT2D eigenvalue weighted by molar-refractivity contribution is -0.402. The molecule has 0 amide bonds. The molecule has 3 unspecified atom stereocenters. The lowest BCUT2D eigenvalue weighted by Crippen LogP contribution is -2.55. The van der Waals surface area contributed by atoms with Crippen molar-refractivity contribution in [2.45, 2.75) is 43.9 Å². The zero-order chi connectivity index (χ0) is 16.0. The van der Waals surface area contributed by atoms with E-state index in [0.29, 0.717) is 11.8 Å². The molecule has 0 saturated heterocycles. The smallest absolute Gasteiger partial charge is 0.230 e. The van der Waals surface area contributed by atoms with Crippen LogP contribution in [0.25, 0.3) is 0 Å². The third-order valence-electron chi connectivity index (χ3n) is 6.55. The van der Waals surface area contributed by atoms with Crippen molar-refractivity contribution in [2.24, 2.45) is 23.7 Å². The number of hydrogen-bond donors (Lipinski definition) is 0. The van der Waals surface area contributed by atoms with E-state index in [-0.39, 0.29) is 10.3 Å². The molecule has 4 aliphatic rings. The Balaban J connectivity index is 1.73. The minimum Gasteiger partial charge on any atom is -0.259 e. The predicted octanol–water partition coefficient (Wildman–Crippen LogP) is 5.21. The van der Waals surface area contributed by atoms with E-state index in [1.54, 1.807) is 6.08 Å². The predicted molar refractivity (Wildman–Crippen MR) is 90.9 cm³/mol. The Morgan fingerprint density at radius 2 is 1.91 bits per heavy atom. The number of hydrogen-bond acceptors (Lipinski definition) is 2. The molecule has 0 N–H and O–H groups in total. The van der Waals surface area contributed by atoms with Gasteiger partial charge in [-0.1, -0.05) is 29.8 Å². The van der Waals surface area contributed by atoms with E-state index in [0.717, 1.165) is 29.5 Å². The maximum Gasteiger partial charge on any atom is 0.230 e. The molecule has 0 spiro atoms. The highest BCUT2D eigenvalue weighted by Gasteiger charge is 2.57. The van der Waals surface area contributed by atoms with E-state index < -0.39 is 0 Å². The third kappa shape index (κ3) is 2.50. The van der Waals surface area contributed by atoms with Crippen LogP contribution in [0.1, 0.15) is 44.1 Å². The number of benzene rings is 1. The molecule has 5 rings (SSSR count). The summed E-state index contributed by atoms with van der Waals surface area (Å²) in [4.78, 5) is 10.3. The Morgan fingerprint density at radius 1 is 1.22 bits per heavy atom. The van der Waals surface area contributed by atoms with Crippen LogP contribution in [0.3, 0.4) is 0 Å². The highest BCUT2D eigenvalue weighted by molar-refractivity contribution is 6.31. The molecular weight excluding hydrogens is 310 g/mol. The summed E-state index contributed by atoms with van der Waals surface area (Å²) in [6.45, 7) is 0. The van der Waals surface area contributed by atoms with Crippen molar-refractivity contribution in [1.82, 2.24) is 0 Å². The van der Waals surface area contributed by atoms with Crippen molar-refractivity contribution in [1.29, 1.82) is 0 Å². The van der Waals surface area contributed by atoms with Crippen molar-refractivity contribution in [2.75, 3.05) is 0 Å². The zero-order valence-electron chi connectivity index (χ0n) is 13.2. The van der Waals surface area contributed by atoms with Crippen LogP contribution < -0.4 is 0 Å². The van der Waals surface area contributed by atoms with Crippen molar-refractivity contribution in [3.63, 3.8) is 0 Å². The number of allylic oxidation sites excluding steroid dienone is 1. The van der Waals surface area contributed by atoms with Gasteiger partial charge in [-0.15, -0.1) is 0 Å². The van der Waals surface area contributed by atoms with Crippen LogP contribution in [-0.4, -0.2) is 4.92 Å². The van der Waals surface area contributed by atoms with Gasteiger partial charge in [0, 0.05) is 10.4 Å². The maximum atomic E-state index is 10.6. The van der Waals surface area contributed by atoms with Crippen molar-refractivity contribution < 1.29 is 4.92 Å². The number of nitro groups is 1. The summed E-state index contributed by atoms with van der Waals surface area (Å²) in [5, 5.41) is 11.5. The van der Waals surface area contributed by atoms with Gasteiger partial charge in [0.15, 0.2) is 0 Å². The van der Waals surface area contributed by atoms with E-state index in [1.807, 2.05) is 12.1 Å². The van der Waals surface area contributed by atoms with Gasteiger partial charge in [0.05, 0.1) is 4.92 Å². The van der Waals surface area contributed by atoms with E-state index in [9.17, 15) is 10.1 Å². The van der Waals surface area contributed by atoms with Crippen LogP contribution in [0.2, 0.25) is 5.02 Å². The summed E-state index contributed by atoms with van der Waals surface area (Å²) < 4.78 is 0. The Kier molecular flexibility index (Phi) is 3.72. The second kappa shape index (κ2) is 5.62. The number of nitrogens with zero attached hydrogens (tertiary/aromatic N) is 1. The second-order valence-electron chi connectivity index (χ2n) is 7.76. The van der Waals surface area contributed by atoms with E-state index in [1.165, 1.54) is 37.7 Å². The van der Waals surface area contributed by atoms with Gasteiger partial charge in [-0.25, -0.2) is 0 Å². The summed E-state index contributed by atoms with van der Waals surface area (Å²) in [5.41, 5.74) is 1.42. The Bertz CT molecular complexity index is 643. The van der Waals surface area contributed by atoms with Crippen LogP contribution in [0, 0.1) is 33.8 Å². The topological polar surface area (TPSA) is 43.1 Å². The Hall–Kier alpha value is -1.35. The largest absolute Gasteiger partial charge is 0.259 e. The van der Waals surface area contributed by atoms with Gasteiger partial charge >= 0.3 is 0 Å². The highest BCUT2D eigenvalue weighted by Crippen LogP contribution is 2.65. The fourth-order valence-corrected chi connectivity index (χ4v) is 6.47. The molecule has 122 valence electrons. The van der Waals surface area contributed by atoms with Gasteiger partial charge in [0.25, 0.3) is 0 Å². The first kappa shape index (κ1) is 15.2. The Morgan fingerprint density at radius 3 is 2.57 bits per heavy atom. The van der Waals surface area contributed by atoms with E-state index in [4.69, 9.17) is 11.6 Å². The zero-order valence-corrected chi connectivity index (χ0v) is 13.9. The molecule has 3 nitrogen and oxygen atoms in total. The first-order valence-electron chi connectivity index (χ1n) is 8.63. The molecule has 0 aromatic heterocycles. The molecule has 4 heteroatoms. The molecular formula is C19H22ClNO2. The van der Waals surface area contributed by atoms with Crippen molar-refractivity contribution >= 4 is 11.6 Å². The molecule has 0 aliphatic heterocycles. The van der Waals surface area contributed by atoms with Gasteiger partial charge in [-0.3, -0.25) is 10.1 Å². The van der Waals surface area contributed by atoms with Crippen molar-refractivity contribution in [3.05, 3.63) is 57.2 Å². The fraction of sp³-hybridized carbons (Fsp3) is 0.579. The number of halogens is 1. The first-order chi connectivity index (χ1) is 11.1. The molecule has 0 radical (unpaired) electrons. The normalized spacial score (nSPS) is 38.3. The third-order valence-corrected chi connectivity index (χ3v) is 6.88. The van der Waals surface area contributed by atoms with Crippen LogP contribution >= 0.6 is 11.6 Å². The molecule has 4 fully saturated rings. The SMILES string of the molecule is O=[N+]([O-])/C=C/CC1C2CC3CC(C2)CC1(c1ccccc1Cl)C3. The monoisotopic (exact) mass is 331 g/mol. The van der Waals surface area contributed by atoms with Crippen LogP contribution in [-0.2, 0) is 5.41 Å². The molecule has 4 saturated carbocycles. The standard InChI is InChI=1S/C19H22ClNO2/c20-18-6-2-1-4-17(18)19-11-13-8-14(12-19)10-15(9-13)16(19)5-3-7-21(22)23/h1-4,6-7,13-16H,5,8-12H2/b7-3+. The maximum absolute atomic E-state index is 10.6. The van der Waals surface area contributed by atoms with E-state index >= 15 is 0 Å². The minimum absolute atomic E-state index is 0.133. The van der Waals surface area contributed by atoms with Crippen LogP contribution in [0.4, 0.5) is 0 Å². The van der Waals surface area contributed by atoms with Crippen LogP contribution in [0.15, 0.2) is 36.5 Å². The quantitative estimate of drug-likeness (QED) is 0.561. The number of rotatable bonds is 4. The summed E-state index contributed by atoms with van der Waals surface area (Å²) >= 11 is 6.58. The molecule has 4 aliphatic carbocycles. The summed E-state index contributed by atoms with van der Waals surface area (Å²) in [6.07, 6.45) is 10.1. The lowest BCUT2D eigenvalue weighted by Gasteiger charge is -2.62. The molecule has 4 bridgehead atoms.